The van der Waals surface area contributed by atoms with Crippen LogP contribution in [0.4, 0.5) is 5.69 Å². The van der Waals surface area contributed by atoms with Crippen LogP contribution in [0.3, 0.4) is 0 Å². The highest BCUT2D eigenvalue weighted by Gasteiger charge is 2.28. The summed E-state index contributed by atoms with van der Waals surface area (Å²) >= 11 is 0. The fraction of sp³-hybridized carbons (Fsp3) is 0.409. The van der Waals surface area contributed by atoms with Crippen molar-refractivity contribution in [1.82, 2.24) is 8.61 Å². The van der Waals surface area contributed by atoms with Crippen LogP contribution in [0.25, 0.3) is 0 Å². The monoisotopic (exact) mass is 493 g/mol. The first kappa shape index (κ1) is 23.8. The Morgan fingerprint density at radius 1 is 0.818 bits per heavy atom. The van der Waals surface area contributed by atoms with Crippen LogP contribution in [0, 0.1) is 6.92 Å². The highest BCUT2D eigenvalue weighted by molar-refractivity contribution is 7.89. The molecule has 1 N–H and O–H groups in total. The maximum atomic E-state index is 12.9. The van der Waals surface area contributed by atoms with Gasteiger partial charge in [-0.2, -0.15) is 8.61 Å². The summed E-state index contributed by atoms with van der Waals surface area (Å²) in [5.41, 5.74) is 1.28. The quantitative estimate of drug-likeness (QED) is 0.659. The van der Waals surface area contributed by atoms with Gasteiger partial charge in [0.1, 0.15) is 0 Å². The predicted molar refractivity (Wildman–Crippen MR) is 123 cm³/mol. The average Bonchev–Trinajstić information content (AvgIpc) is 3.36. The summed E-state index contributed by atoms with van der Waals surface area (Å²) in [6.07, 6.45) is 1.71. The second kappa shape index (κ2) is 9.51. The van der Waals surface area contributed by atoms with Crippen molar-refractivity contribution >= 4 is 31.6 Å². The predicted octanol–water partition coefficient (Wildman–Crippen LogP) is 2.05. The van der Waals surface area contributed by atoms with E-state index in [2.05, 4.69) is 5.32 Å². The van der Waals surface area contributed by atoms with Gasteiger partial charge in [-0.3, -0.25) is 4.79 Å². The van der Waals surface area contributed by atoms with Crippen molar-refractivity contribution in [3.8, 4) is 0 Å². The Kier molecular flexibility index (Phi) is 6.87. The lowest BCUT2D eigenvalue weighted by Crippen LogP contribution is -2.40. The third kappa shape index (κ3) is 4.97. The summed E-state index contributed by atoms with van der Waals surface area (Å²) < 4.78 is 59.3. The minimum absolute atomic E-state index is 0.0483. The lowest BCUT2D eigenvalue weighted by atomic mass is 10.1. The number of rotatable bonds is 6. The van der Waals surface area contributed by atoms with Gasteiger partial charge in [-0.1, -0.05) is 6.07 Å². The normalized spacial score (nSPS) is 18.3. The molecule has 0 radical (unpaired) electrons. The summed E-state index contributed by atoms with van der Waals surface area (Å²) in [7, 11) is -7.27. The van der Waals surface area contributed by atoms with Gasteiger partial charge >= 0.3 is 0 Å². The van der Waals surface area contributed by atoms with Crippen LogP contribution in [0.5, 0.6) is 0 Å². The number of benzene rings is 2. The van der Waals surface area contributed by atoms with Crippen molar-refractivity contribution < 1.29 is 26.4 Å². The molecule has 2 aromatic rings. The Balaban J connectivity index is 1.52. The number of anilines is 1. The molecule has 178 valence electrons. The molecule has 9 nitrogen and oxygen atoms in total. The molecule has 4 rings (SSSR count). The number of ether oxygens (including phenoxy) is 1. The van der Waals surface area contributed by atoms with Gasteiger partial charge in [0.2, 0.25) is 20.0 Å². The summed E-state index contributed by atoms with van der Waals surface area (Å²) in [6, 6.07) is 10.5. The maximum Gasteiger partial charge on any atom is 0.255 e. The third-order valence-electron chi connectivity index (χ3n) is 5.88. The third-order valence-corrected chi connectivity index (χ3v) is 9.68. The maximum absolute atomic E-state index is 12.9. The lowest BCUT2D eigenvalue weighted by Gasteiger charge is -2.26. The molecule has 2 aromatic carbocycles. The molecule has 0 aromatic heterocycles. The molecule has 2 fully saturated rings. The number of nitrogens with one attached hydrogen (secondary N) is 1. The van der Waals surface area contributed by atoms with Crippen molar-refractivity contribution in [1.29, 1.82) is 0 Å². The van der Waals surface area contributed by atoms with E-state index >= 15 is 0 Å². The van der Waals surface area contributed by atoms with E-state index in [0.29, 0.717) is 37.6 Å². The standard InChI is InChI=1S/C22H27N3O6S2/c1-17-4-7-20(33(29,30)25-12-14-31-15-13-25)16-21(17)22(26)23-18-5-8-19(9-6-18)32(27,28)24-10-2-3-11-24/h4-9,16H,2-3,10-15H2,1H3,(H,23,26). The van der Waals surface area contributed by atoms with E-state index in [0.717, 1.165) is 12.8 Å². The molecule has 2 aliphatic rings. The Bertz CT molecular complexity index is 1230. The van der Waals surface area contributed by atoms with Gasteiger partial charge in [-0.15, -0.1) is 0 Å². The molecular weight excluding hydrogens is 466 g/mol. The van der Waals surface area contributed by atoms with Crippen LogP contribution in [0.1, 0.15) is 28.8 Å². The molecule has 2 aliphatic heterocycles. The number of carbonyl (C=O) groups excluding carboxylic acids is 1. The van der Waals surface area contributed by atoms with Crippen LogP contribution in [0.2, 0.25) is 0 Å². The van der Waals surface area contributed by atoms with Gasteiger partial charge in [0.25, 0.3) is 5.91 Å². The summed E-state index contributed by atoms with van der Waals surface area (Å²) in [5, 5.41) is 2.73. The second-order valence-corrected chi connectivity index (χ2v) is 12.0. The van der Waals surface area contributed by atoms with Crippen LogP contribution in [-0.4, -0.2) is 70.7 Å². The minimum atomic E-state index is -3.74. The number of nitrogens with zero attached hydrogens (tertiary/aromatic N) is 2. The minimum Gasteiger partial charge on any atom is -0.379 e. The van der Waals surface area contributed by atoms with Gasteiger partial charge < -0.3 is 10.1 Å². The SMILES string of the molecule is Cc1ccc(S(=O)(=O)N2CCOCC2)cc1C(=O)Nc1ccc(S(=O)(=O)N2CCCC2)cc1. The Labute approximate surface area is 194 Å². The Morgan fingerprint density at radius 3 is 2.00 bits per heavy atom. The summed E-state index contributed by atoms with van der Waals surface area (Å²) in [6.45, 7) is 3.97. The van der Waals surface area contributed by atoms with Crippen LogP contribution >= 0.6 is 0 Å². The molecule has 0 aliphatic carbocycles. The Morgan fingerprint density at radius 2 is 1.36 bits per heavy atom. The van der Waals surface area contributed by atoms with Gasteiger partial charge in [0, 0.05) is 37.4 Å². The second-order valence-electron chi connectivity index (χ2n) is 8.08. The van der Waals surface area contributed by atoms with Gasteiger partial charge in [-0.05, 0) is 61.7 Å². The number of aryl methyl sites for hydroxylation is 1. The van der Waals surface area contributed by atoms with Crippen LogP contribution in [-0.2, 0) is 24.8 Å². The smallest absolute Gasteiger partial charge is 0.255 e. The number of amides is 1. The zero-order chi connectivity index (χ0) is 23.6. The zero-order valence-corrected chi connectivity index (χ0v) is 20.0. The number of sulfonamides is 2. The Hall–Kier alpha value is -2.31. The molecule has 33 heavy (non-hydrogen) atoms. The van der Waals surface area contributed by atoms with E-state index in [1.807, 2.05) is 0 Å². The summed E-state index contributed by atoms with van der Waals surface area (Å²) in [5.74, 6) is -0.471. The molecule has 1 amide bonds. The van der Waals surface area contributed by atoms with Crippen molar-refractivity contribution in [2.45, 2.75) is 29.6 Å². The molecule has 11 heteroatoms. The van der Waals surface area contributed by atoms with Crippen molar-refractivity contribution in [3.63, 3.8) is 0 Å². The van der Waals surface area contributed by atoms with Crippen molar-refractivity contribution in [2.75, 3.05) is 44.7 Å². The van der Waals surface area contributed by atoms with E-state index in [4.69, 9.17) is 4.74 Å². The first-order chi connectivity index (χ1) is 15.7. The van der Waals surface area contributed by atoms with Crippen molar-refractivity contribution in [2.24, 2.45) is 0 Å². The van der Waals surface area contributed by atoms with Crippen LogP contribution < -0.4 is 5.32 Å². The lowest BCUT2D eigenvalue weighted by molar-refractivity contribution is 0.0730. The average molecular weight is 494 g/mol. The molecule has 0 saturated carbocycles. The fourth-order valence-corrected chi connectivity index (χ4v) is 6.88. The summed E-state index contributed by atoms with van der Waals surface area (Å²) in [4.78, 5) is 13.1. The molecule has 0 unspecified atom stereocenters. The molecular formula is C22H27N3O6S2. The highest BCUT2D eigenvalue weighted by atomic mass is 32.2. The largest absolute Gasteiger partial charge is 0.379 e. The number of hydrogen-bond donors (Lipinski definition) is 1. The molecule has 2 saturated heterocycles. The molecule has 2 heterocycles. The first-order valence-corrected chi connectivity index (χ1v) is 13.7. The van der Waals surface area contributed by atoms with Gasteiger partial charge in [0.05, 0.1) is 23.0 Å². The number of hydrogen-bond acceptors (Lipinski definition) is 6. The molecule has 0 atom stereocenters. The number of carbonyl (C=O) groups is 1. The van der Waals surface area contributed by atoms with Crippen LogP contribution in [0.15, 0.2) is 52.3 Å². The van der Waals surface area contributed by atoms with E-state index in [1.54, 1.807) is 13.0 Å². The zero-order valence-electron chi connectivity index (χ0n) is 18.4. The van der Waals surface area contributed by atoms with Crippen molar-refractivity contribution in [3.05, 3.63) is 53.6 Å². The highest BCUT2D eigenvalue weighted by Crippen LogP contribution is 2.24. The van der Waals surface area contributed by atoms with Gasteiger partial charge in [0.15, 0.2) is 0 Å². The van der Waals surface area contributed by atoms with E-state index in [-0.39, 0.29) is 28.4 Å². The molecule has 0 spiro atoms. The first-order valence-electron chi connectivity index (χ1n) is 10.8. The van der Waals surface area contributed by atoms with E-state index in [9.17, 15) is 21.6 Å². The number of morpholine rings is 1. The van der Waals surface area contributed by atoms with Gasteiger partial charge in [-0.25, -0.2) is 16.8 Å². The van der Waals surface area contributed by atoms with E-state index < -0.39 is 26.0 Å². The van der Waals surface area contributed by atoms with E-state index in [1.165, 1.54) is 45.0 Å². The topological polar surface area (TPSA) is 113 Å². The molecule has 0 bridgehead atoms. The fourth-order valence-electron chi connectivity index (χ4n) is 3.93.